The van der Waals surface area contributed by atoms with Gasteiger partial charge in [0.15, 0.2) is 5.75 Å². The third kappa shape index (κ3) is 3.15. The third-order valence-corrected chi connectivity index (χ3v) is 5.16. The number of thiophene rings is 1. The molecule has 3 N–H and O–H groups in total. The van der Waals surface area contributed by atoms with Crippen LogP contribution in [0.3, 0.4) is 0 Å². The van der Waals surface area contributed by atoms with Crippen LogP contribution in [0.1, 0.15) is 23.5 Å². The molecule has 0 bridgehead atoms. The second-order valence-corrected chi connectivity index (χ2v) is 7.05. The Hall–Kier alpha value is -1.08. The van der Waals surface area contributed by atoms with E-state index in [1.807, 2.05) is 25.6 Å². The van der Waals surface area contributed by atoms with E-state index in [0.717, 1.165) is 29.6 Å². The summed E-state index contributed by atoms with van der Waals surface area (Å²) in [7, 11) is 1.61. The number of anilines is 2. The first-order chi connectivity index (χ1) is 9.54. The number of nitrogens with zero attached hydrogens (tertiary/aromatic N) is 1. The molecule has 0 radical (unpaired) electrons. The molecule has 0 aliphatic carbocycles. The first-order valence-electron chi connectivity index (χ1n) is 6.68. The van der Waals surface area contributed by atoms with E-state index in [9.17, 15) is 4.79 Å². The van der Waals surface area contributed by atoms with Crippen molar-refractivity contribution in [3.63, 3.8) is 0 Å². The zero-order valence-electron chi connectivity index (χ0n) is 12.1. The van der Waals surface area contributed by atoms with Crippen LogP contribution in [0.25, 0.3) is 0 Å². The van der Waals surface area contributed by atoms with E-state index in [-0.39, 0.29) is 12.0 Å². The molecule has 0 unspecified atom stereocenters. The topological polar surface area (TPSA) is 67.6 Å². The summed E-state index contributed by atoms with van der Waals surface area (Å²) >= 11 is 3.37. The summed E-state index contributed by atoms with van der Waals surface area (Å²) in [5, 5.41) is 3.61. The van der Waals surface area contributed by atoms with Crippen LogP contribution in [0.5, 0.6) is 5.75 Å². The van der Waals surface area contributed by atoms with Crippen LogP contribution >= 0.6 is 23.1 Å². The minimum Gasteiger partial charge on any atom is -0.486 e. The molecular weight excluding hydrogens is 294 g/mol. The van der Waals surface area contributed by atoms with Crippen molar-refractivity contribution in [2.45, 2.75) is 20.0 Å². The highest BCUT2D eigenvalue weighted by atomic mass is 32.2. The highest BCUT2D eigenvalue weighted by molar-refractivity contribution is 7.99. The zero-order valence-corrected chi connectivity index (χ0v) is 13.7. The molecule has 20 heavy (non-hydrogen) atoms. The fourth-order valence-corrected chi connectivity index (χ4v) is 4.08. The number of amides is 1. The fourth-order valence-electron chi connectivity index (χ4n) is 2.02. The minimum absolute atomic E-state index is 0.0300. The third-order valence-electron chi connectivity index (χ3n) is 2.97. The average Bonchev–Trinajstić information content (AvgIpc) is 2.76. The van der Waals surface area contributed by atoms with Crippen LogP contribution in [-0.4, -0.2) is 43.7 Å². The summed E-state index contributed by atoms with van der Waals surface area (Å²) in [4.78, 5) is 14.7. The van der Waals surface area contributed by atoms with Gasteiger partial charge in [0.25, 0.3) is 5.91 Å². The van der Waals surface area contributed by atoms with Gasteiger partial charge in [-0.3, -0.25) is 4.79 Å². The Morgan fingerprint density at radius 2 is 2.05 bits per heavy atom. The van der Waals surface area contributed by atoms with Gasteiger partial charge in [-0.05, 0) is 13.8 Å². The summed E-state index contributed by atoms with van der Waals surface area (Å²) in [6.45, 7) is 5.86. The lowest BCUT2D eigenvalue weighted by Crippen LogP contribution is -2.32. The van der Waals surface area contributed by atoms with Gasteiger partial charge in [0.1, 0.15) is 15.6 Å². The summed E-state index contributed by atoms with van der Waals surface area (Å²) in [6, 6.07) is 0. The molecular formula is C13H21N3O2S2. The van der Waals surface area contributed by atoms with E-state index >= 15 is 0 Å². The normalized spacial score (nSPS) is 15.5. The van der Waals surface area contributed by atoms with E-state index in [4.69, 9.17) is 10.5 Å². The van der Waals surface area contributed by atoms with Gasteiger partial charge in [-0.15, -0.1) is 11.3 Å². The predicted octanol–water partition coefficient (Wildman–Crippen LogP) is 2.03. The number of rotatable bonds is 4. The molecule has 0 spiro atoms. The summed E-state index contributed by atoms with van der Waals surface area (Å²) in [5.41, 5.74) is 6.58. The first kappa shape index (κ1) is 15.3. The van der Waals surface area contributed by atoms with Crippen molar-refractivity contribution in [2.24, 2.45) is 0 Å². The van der Waals surface area contributed by atoms with Gasteiger partial charge in [-0.25, -0.2) is 0 Å². The van der Waals surface area contributed by atoms with Crippen LogP contribution in [-0.2, 0) is 0 Å². The van der Waals surface area contributed by atoms with Crippen LogP contribution in [0, 0.1) is 0 Å². The second kappa shape index (κ2) is 6.58. The Kier molecular flexibility index (Phi) is 5.04. The van der Waals surface area contributed by atoms with Crippen molar-refractivity contribution in [3.8, 4) is 5.75 Å². The van der Waals surface area contributed by atoms with Crippen molar-refractivity contribution in [3.05, 3.63) is 4.88 Å². The van der Waals surface area contributed by atoms with E-state index in [1.54, 1.807) is 7.05 Å². The summed E-state index contributed by atoms with van der Waals surface area (Å²) in [5.74, 6) is 2.69. The largest absolute Gasteiger partial charge is 0.486 e. The van der Waals surface area contributed by atoms with Gasteiger partial charge >= 0.3 is 0 Å². The van der Waals surface area contributed by atoms with E-state index in [1.165, 1.54) is 11.3 Å². The maximum absolute atomic E-state index is 11.9. The van der Waals surface area contributed by atoms with Crippen LogP contribution in [0.2, 0.25) is 0 Å². The zero-order chi connectivity index (χ0) is 14.7. The SMILES string of the molecule is CNC(=O)c1sc(N2CCSCC2)c(OC(C)C)c1N. The Bertz CT molecular complexity index is 482. The molecule has 1 aliphatic heterocycles. The molecule has 1 aromatic rings. The molecule has 7 heteroatoms. The Morgan fingerprint density at radius 3 is 2.60 bits per heavy atom. The van der Waals surface area contributed by atoms with Gasteiger partial charge in [-0.2, -0.15) is 11.8 Å². The van der Waals surface area contributed by atoms with E-state index < -0.39 is 0 Å². The number of hydrogen-bond donors (Lipinski definition) is 2. The quantitative estimate of drug-likeness (QED) is 0.890. The number of nitrogen functional groups attached to an aromatic ring is 1. The van der Waals surface area contributed by atoms with Gasteiger partial charge in [0.2, 0.25) is 0 Å². The number of carbonyl (C=O) groups is 1. The van der Waals surface area contributed by atoms with Gasteiger partial charge < -0.3 is 20.7 Å². The van der Waals surface area contributed by atoms with Gasteiger partial charge in [0.05, 0.1) is 6.10 Å². The maximum atomic E-state index is 11.9. The number of hydrogen-bond acceptors (Lipinski definition) is 6. The van der Waals surface area contributed by atoms with Crippen molar-refractivity contribution in [1.82, 2.24) is 5.32 Å². The van der Waals surface area contributed by atoms with Gasteiger partial charge in [-0.1, -0.05) is 0 Å². The second-order valence-electron chi connectivity index (χ2n) is 4.82. The van der Waals surface area contributed by atoms with Crippen LogP contribution < -0.4 is 20.7 Å². The molecule has 1 amide bonds. The molecule has 5 nitrogen and oxygen atoms in total. The van der Waals surface area contributed by atoms with Crippen molar-refractivity contribution in [2.75, 3.05) is 42.3 Å². The van der Waals surface area contributed by atoms with E-state index in [0.29, 0.717) is 16.3 Å². The number of nitrogens with one attached hydrogen (secondary N) is 1. The lowest BCUT2D eigenvalue weighted by atomic mass is 10.3. The molecule has 1 aliphatic rings. The van der Waals surface area contributed by atoms with Crippen molar-refractivity contribution < 1.29 is 9.53 Å². The number of ether oxygens (including phenoxy) is 1. The molecule has 112 valence electrons. The van der Waals surface area contributed by atoms with E-state index in [2.05, 4.69) is 10.2 Å². The fraction of sp³-hybridized carbons (Fsp3) is 0.615. The molecule has 2 rings (SSSR count). The predicted molar refractivity (Wildman–Crippen MR) is 87.4 cm³/mol. The summed E-state index contributed by atoms with van der Waals surface area (Å²) in [6.07, 6.45) is 0.0300. The number of thioether (sulfide) groups is 1. The lowest BCUT2D eigenvalue weighted by molar-refractivity contribution is 0.0967. The minimum atomic E-state index is -0.154. The molecule has 1 aromatic heterocycles. The van der Waals surface area contributed by atoms with Gasteiger partial charge in [0, 0.05) is 31.6 Å². The summed E-state index contributed by atoms with van der Waals surface area (Å²) < 4.78 is 5.86. The maximum Gasteiger partial charge on any atom is 0.263 e. The molecule has 0 atom stereocenters. The Balaban J connectivity index is 2.39. The molecule has 0 saturated carbocycles. The Labute approximate surface area is 127 Å². The first-order valence-corrected chi connectivity index (χ1v) is 8.65. The van der Waals surface area contributed by atoms with Crippen molar-refractivity contribution >= 4 is 39.7 Å². The van der Waals surface area contributed by atoms with Crippen LogP contribution in [0.15, 0.2) is 0 Å². The lowest BCUT2D eigenvalue weighted by Gasteiger charge is -2.28. The standard InChI is InChI=1S/C13H21N3O2S2/c1-8(2)18-10-9(14)11(12(17)15-3)20-13(10)16-4-6-19-7-5-16/h8H,4-7,14H2,1-3H3,(H,15,17). The smallest absolute Gasteiger partial charge is 0.263 e. The highest BCUT2D eigenvalue weighted by Crippen LogP contribution is 2.45. The highest BCUT2D eigenvalue weighted by Gasteiger charge is 2.26. The average molecular weight is 315 g/mol. The van der Waals surface area contributed by atoms with Crippen molar-refractivity contribution in [1.29, 1.82) is 0 Å². The molecule has 0 aromatic carbocycles. The monoisotopic (exact) mass is 315 g/mol. The van der Waals surface area contributed by atoms with Crippen LogP contribution in [0.4, 0.5) is 10.7 Å². The number of carbonyl (C=O) groups excluding carboxylic acids is 1. The Morgan fingerprint density at radius 1 is 1.40 bits per heavy atom. The molecule has 2 heterocycles. The molecule has 1 saturated heterocycles. The number of nitrogens with two attached hydrogens (primary N) is 1. The molecule has 1 fully saturated rings.